The summed E-state index contributed by atoms with van der Waals surface area (Å²) in [5.41, 5.74) is 3.99. The van der Waals surface area contributed by atoms with Crippen molar-refractivity contribution in [2.45, 2.75) is 58.5 Å². The summed E-state index contributed by atoms with van der Waals surface area (Å²) in [5.74, 6) is 1.26. The van der Waals surface area contributed by atoms with Gasteiger partial charge in [-0.1, -0.05) is 31.6 Å². The maximum atomic E-state index is 13.3. The highest BCUT2D eigenvalue weighted by molar-refractivity contribution is 5.95. The van der Waals surface area contributed by atoms with Crippen LogP contribution in [-0.4, -0.2) is 22.0 Å². The van der Waals surface area contributed by atoms with Crippen LogP contribution in [-0.2, 0) is 4.79 Å². The summed E-state index contributed by atoms with van der Waals surface area (Å²) in [6.07, 6.45) is 13.6. The third-order valence-electron chi connectivity index (χ3n) is 8.47. The SMILES string of the molecule is C[C@]12CC[C@H](O)CC1=CC(=O)[C@@H]1[C@@H]2CC[C@]2(C)C(c3cccnc3)=CC[C@@H]12. The Kier molecular flexibility index (Phi) is 3.78. The molecule has 0 saturated heterocycles. The van der Waals surface area contributed by atoms with Crippen LogP contribution in [0.1, 0.15) is 57.9 Å². The minimum Gasteiger partial charge on any atom is -0.393 e. The van der Waals surface area contributed by atoms with E-state index < -0.39 is 0 Å². The van der Waals surface area contributed by atoms with Gasteiger partial charge in [0.25, 0.3) is 0 Å². The fourth-order valence-corrected chi connectivity index (χ4v) is 6.93. The van der Waals surface area contributed by atoms with E-state index in [1.54, 1.807) is 0 Å². The highest BCUT2D eigenvalue weighted by Crippen LogP contribution is 2.65. The lowest BCUT2D eigenvalue weighted by molar-refractivity contribution is -0.131. The number of aliphatic hydroxyl groups is 1. The lowest BCUT2D eigenvalue weighted by Gasteiger charge is -2.56. The normalized spacial score (nSPS) is 43.3. The Hall–Kier alpha value is -1.74. The molecule has 27 heavy (non-hydrogen) atoms. The molecule has 2 fully saturated rings. The van der Waals surface area contributed by atoms with Gasteiger partial charge in [0.15, 0.2) is 5.78 Å². The van der Waals surface area contributed by atoms with Gasteiger partial charge in [-0.3, -0.25) is 9.78 Å². The van der Waals surface area contributed by atoms with Crippen LogP contribution in [0.2, 0.25) is 0 Å². The zero-order valence-corrected chi connectivity index (χ0v) is 16.3. The molecule has 0 radical (unpaired) electrons. The number of aromatic nitrogens is 1. The number of rotatable bonds is 1. The molecule has 1 aromatic rings. The molecule has 0 unspecified atom stereocenters. The fraction of sp³-hybridized carbons (Fsp3) is 0.583. The van der Waals surface area contributed by atoms with Crippen LogP contribution in [0.5, 0.6) is 0 Å². The minimum absolute atomic E-state index is 0.0652. The van der Waals surface area contributed by atoms with Gasteiger partial charge in [0.2, 0.25) is 0 Å². The van der Waals surface area contributed by atoms with Gasteiger partial charge in [-0.2, -0.15) is 0 Å². The highest BCUT2D eigenvalue weighted by Gasteiger charge is 2.59. The lowest BCUT2D eigenvalue weighted by atomic mass is 9.47. The van der Waals surface area contributed by atoms with Gasteiger partial charge >= 0.3 is 0 Å². The fourth-order valence-electron chi connectivity index (χ4n) is 6.93. The molecule has 0 amide bonds. The number of fused-ring (bicyclic) bond motifs is 5. The Morgan fingerprint density at radius 3 is 2.74 bits per heavy atom. The molecule has 5 rings (SSSR count). The van der Waals surface area contributed by atoms with E-state index in [-0.39, 0.29) is 22.9 Å². The van der Waals surface area contributed by atoms with Crippen LogP contribution in [0.4, 0.5) is 0 Å². The van der Waals surface area contributed by atoms with Crippen LogP contribution in [0.3, 0.4) is 0 Å². The molecule has 0 aliphatic heterocycles. The van der Waals surface area contributed by atoms with Gasteiger partial charge in [-0.15, -0.1) is 0 Å². The predicted octanol–water partition coefficient (Wildman–Crippen LogP) is 4.58. The summed E-state index contributed by atoms with van der Waals surface area (Å²) in [7, 11) is 0. The van der Waals surface area contributed by atoms with E-state index in [0.29, 0.717) is 24.0 Å². The largest absolute Gasteiger partial charge is 0.393 e. The smallest absolute Gasteiger partial charge is 0.159 e. The molecule has 4 aliphatic carbocycles. The highest BCUT2D eigenvalue weighted by atomic mass is 16.3. The molecule has 6 atom stereocenters. The summed E-state index contributed by atoms with van der Waals surface area (Å²) < 4.78 is 0. The molecule has 3 heteroatoms. The van der Waals surface area contributed by atoms with Gasteiger partial charge in [0.05, 0.1) is 6.10 Å². The molecule has 1 aromatic heterocycles. The summed E-state index contributed by atoms with van der Waals surface area (Å²) in [5, 5.41) is 10.1. The van der Waals surface area contributed by atoms with Crippen LogP contribution in [0, 0.1) is 28.6 Å². The van der Waals surface area contributed by atoms with Crippen molar-refractivity contribution in [1.82, 2.24) is 4.98 Å². The Balaban J connectivity index is 1.53. The second-order valence-electron chi connectivity index (χ2n) is 9.68. The van der Waals surface area contributed by atoms with Crippen LogP contribution < -0.4 is 0 Å². The number of nitrogens with zero attached hydrogens (tertiary/aromatic N) is 1. The number of hydrogen-bond donors (Lipinski definition) is 1. The van der Waals surface area contributed by atoms with Crippen LogP contribution >= 0.6 is 0 Å². The van der Waals surface area contributed by atoms with E-state index in [0.717, 1.165) is 32.1 Å². The average Bonchev–Trinajstić information content (AvgIpc) is 3.01. The molecule has 142 valence electrons. The molecule has 4 aliphatic rings. The molecule has 0 bridgehead atoms. The summed E-state index contributed by atoms with van der Waals surface area (Å²) >= 11 is 0. The number of carbonyl (C=O) groups is 1. The predicted molar refractivity (Wildman–Crippen MR) is 106 cm³/mol. The Labute approximate surface area is 161 Å². The van der Waals surface area contributed by atoms with Gasteiger partial charge in [-0.05, 0) is 84.5 Å². The van der Waals surface area contributed by atoms with Gasteiger partial charge in [0, 0.05) is 18.3 Å². The maximum Gasteiger partial charge on any atom is 0.159 e. The van der Waals surface area contributed by atoms with Crippen LogP contribution in [0.15, 0.2) is 42.3 Å². The van der Waals surface area contributed by atoms with Crippen molar-refractivity contribution in [3.63, 3.8) is 0 Å². The third kappa shape index (κ3) is 2.37. The van der Waals surface area contributed by atoms with Crippen molar-refractivity contribution >= 4 is 11.4 Å². The molecule has 2 saturated carbocycles. The zero-order chi connectivity index (χ0) is 18.8. The molecular formula is C24H29NO2. The van der Waals surface area contributed by atoms with Crippen LogP contribution in [0.25, 0.3) is 5.57 Å². The van der Waals surface area contributed by atoms with Crippen molar-refractivity contribution in [1.29, 1.82) is 0 Å². The first-order valence-electron chi connectivity index (χ1n) is 10.5. The second kappa shape index (κ2) is 5.88. The molecule has 3 nitrogen and oxygen atoms in total. The monoisotopic (exact) mass is 363 g/mol. The Morgan fingerprint density at radius 1 is 1.15 bits per heavy atom. The number of hydrogen-bond acceptors (Lipinski definition) is 3. The van der Waals surface area contributed by atoms with E-state index in [9.17, 15) is 9.90 Å². The van der Waals surface area contributed by atoms with E-state index in [4.69, 9.17) is 0 Å². The number of aliphatic hydroxyl groups excluding tert-OH is 1. The van der Waals surface area contributed by atoms with Crippen molar-refractivity contribution in [2.75, 3.05) is 0 Å². The quantitative estimate of drug-likeness (QED) is 0.795. The van der Waals surface area contributed by atoms with Crippen molar-refractivity contribution in [3.8, 4) is 0 Å². The maximum absolute atomic E-state index is 13.3. The molecule has 1 N–H and O–H groups in total. The Bertz CT molecular complexity index is 841. The first-order chi connectivity index (χ1) is 12.9. The van der Waals surface area contributed by atoms with Gasteiger partial charge in [-0.25, -0.2) is 0 Å². The summed E-state index contributed by atoms with van der Waals surface area (Å²) in [6, 6.07) is 4.16. The second-order valence-corrected chi connectivity index (χ2v) is 9.68. The van der Waals surface area contributed by atoms with Crippen molar-refractivity contribution in [2.24, 2.45) is 28.6 Å². The molecule has 0 aromatic carbocycles. The van der Waals surface area contributed by atoms with Gasteiger partial charge in [0.1, 0.15) is 0 Å². The first kappa shape index (κ1) is 17.4. The van der Waals surface area contributed by atoms with E-state index in [1.165, 1.54) is 16.7 Å². The summed E-state index contributed by atoms with van der Waals surface area (Å²) in [4.78, 5) is 17.6. The standard InChI is InChI=1S/C24H29NO2/c1-23-9-7-17(26)12-16(23)13-21(27)22-19-6-5-18(15-4-3-11-25-14-15)24(19,2)10-8-20(22)23/h3-5,11,13-14,17,19-20,22,26H,6-10,12H2,1-2H3/t17-,19-,20-,22-,23-,24+/m0/s1. The average molecular weight is 364 g/mol. The number of ketones is 1. The number of carbonyl (C=O) groups excluding carboxylic acids is 1. The molecule has 1 heterocycles. The number of pyridine rings is 1. The van der Waals surface area contributed by atoms with E-state index in [1.807, 2.05) is 24.5 Å². The van der Waals surface area contributed by atoms with E-state index in [2.05, 4.69) is 31.0 Å². The third-order valence-corrected chi connectivity index (χ3v) is 8.47. The van der Waals surface area contributed by atoms with Crippen molar-refractivity contribution < 1.29 is 9.90 Å². The number of allylic oxidation sites excluding steroid dienone is 3. The first-order valence-corrected chi connectivity index (χ1v) is 10.5. The van der Waals surface area contributed by atoms with E-state index >= 15 is 0 Å². The van der Waals surface area contributed by atoms with Crippen molar-refractivity contribution in [3.05, 3.63) is 47.8 Å². The molecule has 0 spiro atoms. The topological polar surface area (TPSA) is 50.2 Å². The lowest BCUT2D eigenvalue weighted by Crippen LogP contribution is -2.52. The minimum atomic E-state index is -0.270. The molecular weight excluding hydrogens is 334 g/mol. The summed E-state index contributed by atoms with van der Waals surface area (Å²) in [6.45, 7) is 4.74. The zero-order valence-electron chi connectivity index (χ0n) is 16.3. The van der Waals surface area contributed by atoms with Gasteiger partial charge < -0.3 is 5.11 Å². The Morgan fingerprint density at radius 2 is 1.96 bits per heavy atom.